The molecule has 1 aromatic heterocycles. The Kier molecular flexibility index (Phi) is 6.06. The molecule has 2 rings (SSSR count). The molecule has 0 saturated heterocycles. The van der Waals surface area contributed by atoms with Crippen LogP contribution in [0.15, 0.2) is 34.5 Å². The molecule has 7 heteroatoms. The first kappa shape index (κ1) is 16.6. The van der Waals surface area contributed by atoms with Crippen molar-refractivity contribution in [3.8, 4) is 0 Å². The zero-order valence-electron chi connectivity index (χ0n) is 12.5. The molecule has 0 atom stereocenters. The number of rotatable bonds is 7. The van der Waals surface area contributed by atoms with Crippen molar-refractivity contribution in [1.82, 2.24) is 14.9 Å². The molecule has 0 radical (unpaired) electrons. The molecule has 1 aromatic carbocycles. The number of alkyl halides is 2. The molecule has 22 heavy (non-hydrogen) atoms. The van der Waals surface area contributed by atoms with E-state index in [1.807, 2.05) is 31.2 Å². The summed E-state index contributed by atoms with van der Waals surface area (Å²) in [7, 11) is 0. The maximum Gasteiger partial charge on any atom is 0.299 e. The fourth-order valence-corrected chi connectivity index (χ4v) is 2.75. The van der Waals surface area contributed by atoms with Gasteiger partial charge in [0.25, 0.3) is 6.43 Å². The Morgan fingerprint density at radius 3 is 2.77 bits per heavy atom. The summed E-state index contributed by atoms with van der Waals surface area (Å²) in [5, 5.41) is 11.9. The molecule has 0 bridgehead atoms. The van der Waals surface area contributed by atoms with E-state index in [-0.39, 0.29) is 0 Å². The molecular weight excluding hydrogens is 306 g/mol. The van der Waals surface area contributed by atoms with E-state index in [0.717, 1.165) is 34.4 Å². The van der Waals surface area contributed by atoms with Crippen LogP contribution in [-0.4, -0.2) is 26.8 Å². The number of halogens is 2. The Morgan fingerprint density at radius 2 is 2.09 bits per heavy atom. The van der Waals surface area contributed by atoms with Gasteiger partial charge in [-0.3, -0.25) is 0 Å². The number of unbranched alkanes of at least 4 members (excludes halogenated alkanes) is 1. The highest BCUT2D eigenvalue weighted by Crippen LogP contribution is 2.24. The third kappa shape index (κ3) is 4.13. The number of hydrogen-bond acceptors (Lipinski definition) is 4. The van der Waals surface area contributed by atoms with E-state index in [9.17, 15) is 8.78 Å². The Balaban J connectivity index is 2.27. The van der Waals surface area contributed by atoms with Crippen LogP contribution in [-0.2, 0) is 0 Å². The van der Waals surface area contributed by atoms with Gasteiger partial charge in [0.1, 0.15) is 0 Å². The summed E-state index contributed by atoms with van der Waals surface area (Å²) in [6.07, 6.45) is 0.884. The number of aryl methyl sites for hydroxylation is 1. The van der Waals surface area contributed by atoms with Crippen molar-refractivity contribution in [3.05, 3.63) is 41.2 Å². The Bertz CT molecular complexity index is 640. The first-order valence-corrected chi connectivity index (χ1v) is 8.08. The van der Waals surface area contributed by atoms with E-state index in [1.54, 1.807) is 6.21 Å². The predicted molar refractivity (Wildman–Crippen MR) is 84.8 cm³/mol. The minimum atomic E-state index is -2.71. The van der Waals surface area contributed by atoms with Crippen LogP contribution in [0.5, 0.6) is 0 Å². The van der Waals surface area contributed by atoms with Crippen LogP contribution in [0.4, 0.5) is 8.78 Å². The van der Waals surface area contributed by atoms with E-state index in [0.29, 0.717) is 5.16 Å². The van der Waals surface area contributed by atoms with Gasteiger partial charge in [-0.1, -0.05) is 49.4 Å². The third-order valence-corrected chi connectivity index (χ3v) is 4.07. The van der Waals surface area contributed by atoms with Gasteiger partial charge in [0, 0.05) is 5.75 Å². The third-order valence-electron chi connectivity index (χ3n) is 3.06. The van der Waals surface area contributed by atoms with Gasteiger partial charge >= 0.3 is 0 Å². The lowest BCUT2D eigenvalue weighted by molar-refractivity contribution is 0.135. The quantitative estimate of drug-likeness (QED) is 0.433. The van der Waals surface area contributed by atoms with Gasteiger partial charge in [-0.2, -0.15) is 9.78 Å². The highest BCUT2D eigenvalue weighted by molar-refractivity contribution is 7.99. The number of hydrogen-bond donors (Lipinski definition) is 0. The second kappa shape index (κ2) is 8.03. The number of thioether (sulfide) groups is 1. The largest absolute Gasteiger partial charge is 0.299 e. The fraction of sp³-hybridized carbons (Fsp3) is 0.400. The maximum absolute atomic E-state index is 13.0. The summed E-state index contributed by atoms with van der Waals surface area (Å²) in [5.74, 6) is 0.376. The Hall–Kier alpha value is -1.76. The van der Waals surface area contributed by atoms with Gasteiger partial charge in [0.2, 0.25) is 11.0 Å². The lowest BCUT2D eigenvalue weighted by Gasteiger charge is -2.04. The SMILES string of the molecule is CCCCSc1nnc(C(F)F)n1/N=C\c1ccccc1C. The molecule has 118 valence electrons. The second-order valence-corrected chi connectivity index (χ2v) is 5.82. The number of aromatic nitrogens is 3. The molecule has 0 amide bonds. The van der Waals surface area contributed by atoms with E-state index >= 15 is 0 Å². The molecule has 0 N–H and O–H groups in total. The molecule has 4 nitrogen and oxygen atoms in total. The number of benzene rings is 1. The first-order valence-electron chi connectivity index (χ1n) is 7.09. The molecule has 1 heterocycles. The van der Waals surface area contributed by atoms with Crippen LogP contribution < -0.4 is 0 Å². The zero-order chi connectivity index (χ0) is 15.9. The summed E-state index contributed by atoms with van der Waals surface area (Å²) in [4.78, 5) is 0. The van der Waals surface area contributed by atoms with Crippen LogP contribution in [0.2, 0.25) is 0 Å². The molecule has 0 aliphatic carbocycles. The van der Waals surface area contributed by atoms with E-state index in [2.05, 4.69) is 22.2 Å². The van der Waals surface area contributed by atoms with Crippen LogP contribution in [0.25, 0.3) is 0 Å². The molecule has 0 fully saturated rings. The Morgan fingerprint density at radius 1 is 1.32 bits per heavy atom. The van der Waals surface area contributed by atoms with Gasteiger partial charge in [0.05, 0.1) is 6.21 Å². The minimum Gasteiger partial charge on any atom is -0.201 e. The molecule has 0 unspecified atom stereocenters. The van der Waals surface area contributed by atoms with Gasteiger partial charge in [0.15, 0.2) is 0 Å². The summed E-state index contributed by atoms with van der Waals surface area (Å²) < 4.78 is 27.2. The molecule has 0 spiro atoms. The fourth-order valence-electron chi connectivity index (χ4n) is 1.77. The van der Waals surface area contributed by atoms with Crippen molar-refractivity contribution >= 4 is 18.0 Å². The summed E-state index contributed by atoms with van der Waals surface area (Å²) in [6.45, 7) is 4.02. The molecule has 0 aliphatic heterocycles. The monoisotopic (exact) mass is 324 g/mol. The van der Waals surface area contributed by atoms with Crippen LogP contribution in [0.1, 0.15) is 43.1 Å². The molecule has 0 aliphatic rings. The molecule has 2 aromatic rings. The van der Waals surface area contributed by atoms with E-state index in [1.165, 1.54) is 11.8 Å². The van der Waals surface area contributed by atoms with Crippen molar-refractivity contribution in [2.24, 2.45) is 5.10 Å². The highest BCUT2D eigenvalue weighted by atomic mass is 32.2. The minimum absolute atomic E-state index is 0.397. The molecule has 0 saturated carbocycles. The highest BCUT2D eigenvalue weighted by Gasteiger charge is 2.20. The van der Waals surface area contributed by atoms with E-state index < -0.39 is 12.2 Å². The lowest BCUT2D eigenvalue weighted by atomic mass is 10.1. The van der Waals surface area contributed by atoms with Crippen LogP contribution in [0.3, 0.4) is 0 Å². The summed E-state index contributed by atoms with van der Waals surface area (Å²) in [5.41, 5.74) is 1.90. The Labute approximate surface area is 132 Å². The first-order chi connectivity index (χ1) is 10.6. The zero-order valence-corrected chi connectivity index (χ0v) is 13.4. The molecular formula is C15H18F2N4S. The van der Waals surface area contributed by atoms with Gasteiger partial charge in [-0.25, -0.2) is 8.78 Å². The normalized spacial score (nSPS) is 11.7. The maximum atomic E-state index is 13.0. The smallest absolute Gasteiger partial charge is 0.201 e. The van der Waals surface area contributed by atoms with Crippen molar-refractivity contribution in [2.75, 3.05) is 5.75 Å². The van der Waals surface area contributed by atoms with Crippen molar-refractivity contribution in [2.45, 2.75) is 38.3 Å². The predicted octanol–water partition coefficient (Wildman–Crippen LogP) is 4.30. The average Bonchev–Trinajstić information content (AvgIpc) is 2.90. The topological polar surface area (TPSA) is 43.1 Å². The van der Waals surface area contributed by atoms with E-state index in [4.69, 9.17) is 0 Å². The van der Waals surface area contributed by atoms with Gasteiger partial charge in [-0.15, -0.1) is 10.2 Å². The van der Waals surface area contributed by atoms with Gasteiger partial charge < -0.3 is 0 Å². The lowest BCUT2D eigenvalue weighted by Crippen LogP contribution is -2.01. The van der Waals surface area contributed by atoms with Crippen LogP contribution >= 0.6 is 11.8 Å². The van der Waals surface area contributed by atoms with Crippen molar-refractivity contribution in [3.63, 3.8) is 0 Å². The van der Waals surface area contributed by atoms with Crippen LogP contribution in [0, 0.1) is 6.92 Å². The van der Waals surface area contributed by atoms with Crippen molar-refractivity contribution in [1.29, 1.82) is 0 Å². The number of nitrogens with zero attached hydrogens (tertiary/aromatic N) is 4. The second-order valence-electron chi connectivity index (χ2n) is 4.76. The van der Waals surface area contributed by atoms with Crippen molar-refractivity contribution < 1.29 is 8.78 Å². The summed E-state index contributed by atoms with van der Waals surface area (Å²) >= 11 is 1.39. The summed E-state index contributed by atoms with van der Waals surface area (Å²) in [6, 6.07) is 7.63. The average molecular weight is 324 g/mol. The van der Waals surface area contributed by atoms with Gasteiger partial charge in [-0.05, 0) is 24.5 Å². The standard InChI is InChI=1S/C15H18F2N4S/c1-3-4-9-22-15-20-19-14(13(16)17)21(15)18-10-12-8-6-5-7-11(12)2/h5-8,10,13H,3-4,9H2,1-2H3/b18-10-.